The first kappa shape index (κ1) is 17.7. The van der Waals surface area contributed by atoms with Crippen LogP contribution in [0.3, 0.4) is 0 Å². The highest BCUT2D eigenvalue weighted by Crippen LogP contribution is 2.26. The van der Waals surface area contributed by atoms with Gasteiger partial charge in [-0.15, -0.1) is 0 Å². The van der Waals surface area contributed by atoms with Crippen molar-refractivity contribution in [2.45, 2.75) is 4.90 Å². The molecule has 1 saturated heterocycles. The van der Waals surface area contributed by atoms with Gasteiger partial charge in [-0.2, -0.15) is 4.31 Å². The van der Waals surface area contributed by atoms with E-state index in [1.807, 2.05) is 0 Å². The summed E-state index contributed by atoms with van der Waals surface area (Å²) in [5.74, 6) is -5.45. The molecule has 0 spiro atoms. The molecule has 0 radical (unpaired) electrons. The predicted molar refractivity (Wildman–Crippen MR) is 83.7 cm³/mol. The van der Waals surface area contributed by atoms with E-state index >= 15 is 0 Å². The minimum atomic E-state index is -4.32. The van der Waals surface area contributed by atoms with E-state index in [9.17, 15) is 26.0 Å². The lowest BCUT2D eigenvalue weighted by atomic mass is 10.2. The van der Waals surface area contributed by atoms with Gasteiger partial charge in [0.15, 0.2) is 17.5 Å². The van der Waals surface area contributed by atoms with Crippen molar-refractivity contribution >= 4 is 15.7 Å². The molecule has 0 unspecified atom stereocenters. The lowest BCUT2D eigenvalue weighted by molar-refractivity contribution is 0.376. The Balaban J connectivity index is 1.81. The molecule has 2 aromatic rings. The minimum Gasteiger partial charge on any atom is -0.367 e. The van der Waals surface area contributed by atoms with Gasteiger partial charge in [-0.3, -0.25) is 0 Å². The average molecular weight is 374 g/mol. The van der Waals surface area contributed by atoms with Crippen LogP contribution < -0.4 is 4.90 Å². The maximum Gasteiger partial charge on any atom is 0.246 e. The molecule has 1 aliphatic rings. The van der Waals surface area contributed by atoms with E-state index in [2.05, 4.69) is 0 Å². The molecule has 3 rings (SSSR count). The van der Waals surface area contributed by atoms with Gasteiger partial charge in [-0.25, -0.2) is 26.0 Å². The molecule has 0 atom stereocenters. The maximum absolute atomic E-state index is 13.8. The van der Waals surface area contributed by atoms with E-state index < -0.39 is 38.2 Å². The Kier molecular flexibility index (Phi) is 4.70. The van der Waals surface area contributed by atoms with Gasteiger partial charge in [0, 0.05) is 26.2 Å². The van der Waals surface area contributed by atoms with Crippen molar-refractivity contribution < 1.29 is 26.0 Å². The molecule has 0 aliphatic carbocycles. The largest absolute Gasteiger partial charge is 0.367 e. The van der Waals surface area contributed by atoms with Crippen LogP contribution in [0.15, 0.2) is 41.3 Å². The van der Waals surface area contributed by atoms with Gasteiger partial charge >= 0.3 is 0 Å². The van der Waals surface area contributed by atoms with Gasteiger partial charge in [-0.05, 0) is 24.3 Å². The maximum atomic E-state index is 13.8. The zero-order valence-electron chi connectivity index (χ0n) is 12.9. The number of para-hydroxylation sites is 1. The van der Waals surface area contributed by atoms with Crippen molar-refractivity contribution in [3.05, 3.63) is 59.7 Å². The number of rotatable bonds is 3. The minimum absolute atomic E-state index is 0.0326. The number of hydrogen-bond acceptors (Lipinski definition) is 3. The number of anilines is 1. The van der Waals surface area contributed by atoms with Gasteiger partial charge in [0.05, 0.1) is 5.69 Å². The van der Waals surface area contributed by atoms with Gasteiger partial charge in [0.1, 0.15) is 10.7 Å². The number of nitrogens with zero attached hydrogens (tertiary/aromatic N) is 2. The molecule has 1 heterocycles. The van der Waals surface area contributed by atoms with E-state index in [-0.39, 0.29) is 26.2 Å². The molecule has 0 N–H and O–H groups in total. The smallest absolute Gasteiger partial charge is 0.246 e. The van der Waals surface area contributed by atoms with Crippen LogP contribution in [0.25, 0.3) is 0 Å². The number of halogens is 4. The van der Waals surface area contributed by atoms with Crippen LogP contribution in [-0.2, 0) is 10.0 Å². The summed E-state index contributed by atoms with van der Waals surface area (Å²) in [6, 6.07) is 7.36. The molecular weight excluding hydrogens is 360 g/mol. The predicted octanol–water partition coefficient (Wildman–Crippen LogP) is 2.75. The van der Waals surface area contributed by atoms with Crippen molar-refractivity contribution in [3.8, 4) is 0 Å². The molecule has 134 valence electrons. The average Bonchev–Trinajstić information content (AvgIpc) is 2.60. The van der Waals surface area contributed by atoms with Crippen LogP contribution in [0.5, 0.6) is 0 Å². The Bertz CT molecular complexity index is 897. The van der Waals surface area contributed by atoms with Crippen molar-refractivity contribution in [3.63, 3.8) is 0 Å². The van der Waals surface area contributed by atoms with E-state index in [1.54, 1.807) is 23.1 Å². The third kappa shape index (κ3) is 3.21. The highest BCUT2D eigenvalue weighted by Gasteiger charge is 2.32. The number of benzene rings is 2. The van der Waals surface area contributed by atoms with Crippen molar-refractivity contribution in [1.29, 1.82) is 0 Å². The van der Waals surface area contributed by atoms with Gasteiger partial charge in [-0.1, -0.05) is 12.1 Å². The lowest BCUT2D eigenvalue weighted by Gasteiger charge is -2.35. The number of hydrogen-bond donors (Lipinski definition) is 0. The third-order valence-corrected chi connectivity index (χ3v) is 5.97. The monoisotopic (exact) mass is 374 g/mol. The lowest BCUT2D eigenvalue weighted by Crippen LogP contribution is -2.49. The Labute approximate surface area is 142 Å². The quantitative estimate of drug-likeness (QED) is 0.613. The SMILES string of the molecule is O=S(=O)(c1ccc(F)c(F)c1F)N1CCN(c2ccccc2F)CC1. The normalized spacial score (nSPS) is 16.2. The topological polar surface area (TPSA) is 40.6 Å². The molecule has 0 saturated carbocycles. The van der Waals surface area contributed by atoms with E-state index in [0.717, 1.165) is 4.31 Å². The summed E-state index contributed by atoms with van der Waals surface area (Å²) in [6.45, 7) is 0.307. The summed E-state index contributed by atoms with van der Waals surface area (Å²) in [7, 11) is -4.32. The molecule has 0 amide bonds. The zero-order chi connectivity index (χ0) is 18.2. The van der Waals surface area contributed by atoms with Crippen molar-refractivity contribution in [2.75, 3.05) is 31.1 Å². The third-order valence-electron chi connectivity index (χ3n) is 4.05. The fraction of sp³-hybridized carbons (Fsp3) is 0.250. The second-order valence-electron chi connectivity index (χ2n) is 5.52. The first-order valence-electron chi connectivity index (χ1n) is 7.45. The molecule has 0 bridgehead atoms. The Morgan fingerprint density at radius 1 is 0.760 bits per heavy atom. The molecular formula is C16H14F4N2O2S. The molecule has 4 nitrogen and oxygen atoms in total. The highest BCUT2D eigenvalue weighted by molar-refractivity contribution is 7.89. The molecule has 0 aromatic heterocycles. The Morgan fingerprint density at radius 3 is 2.04 bits per heavy atom. The fourth-order valence-corrected chi connectivity index (χ4v) is 4.20. The summed E-state index contributed by atoms with van der Waals surface area (Å²) in [6.07, 6.45) is 0. The number of piperazine rings is 1. The van der Waals surface area contributed by atoms with Crippen LogP contribution in [0.4, 0.5) is 23.2 Å². The Morgan fingerprint density at radius 2 is 1.40 bits per heavy atom. The van der Waals surface area contributed by atoms with E-state index in [4.69, 9.17) is 0 Å². The number of sulfonamides is 1. The summed E-state index contributed by atoms with van der Waals surface area (Å²) in [5.41, 5.74) is 0.346. The first-order valence-corrected chi connectivity index (χ1v) is 8.89. The molecule has 1 aliphatic heterocycles. The van der Waals surface area contributed by atoms with Gasteiger partial charge in [0.2, 0.25) is 10.0 Å². The van der Waals surface area contributed by atoms with E-state index in [1.165, 1.54) is 6.07 Å². The van der Waals surface area contributed by atoms with Crippen LogP contribution in [0.2, 0.25) is 0 Å². The summed E-state index contributed by atoms with van der Waals surface area (Å²) < 4.78 is 79.9. The Hall–Kier alpha value is -2.13. The van der Waals surface area contributed by atoms with Crippen molar-refractivity contribution in [1.82, 2.24) is 4.31 Å². The molecule has 1 fully saturated rings. The van der Waals surface area contributed by atoms with Crippen LogP contribution in [-0.4, -0.2) is 38.9 Å². The summed E-state index contributed by atoms with van der Waals surface area (Å²) >= 11 is 0. The highest BCUT2D eigenvalue weighted by atomic mass is 32.2. The molecule has 2 aromatic carbocycles. The fourth-order valence-electron chi connectivity index (χ4n) is 2.72. The molecule has 25 heavy (non-hydrogen) atoms. The van der Waals surface area contributed by atoms with Crippen LogP contribution in [0, 0.1) is 23.3 Å². The van der Waals surface area contributed by atoms with Crippen molar-refractivity contribution in [2.24, 2.45) is 0 Å². The second-order valence-corrected chi connectivity index (χ2v) is 7.42. The second kappa shape index (κ2) is 6.64. The first-order chi connectivity index (χ1) is 11.8. The summed E-state index contributed by atoms with van der Waals surface area (Å²) in [5, 5.41) is 0. The molecule has 9 heteroatoms. The van der Waals surface area contributed by atoms with Crippen LogP contribution >= 0.6 is 0 Å². The van der Waals surface area contributed by atoms with Gasteiger partial charge in [0.25, 0.3) is 0 Å². The zero-order valence-corrected chi connectivity index (χ0v) is 13.7. The van der Waals surface area contributed by atoms with Crippen LogP contribution in [0.1, 0.15) is 0 Å². The summed E-state index contributed by atoms with van der Waals surface area (Å²) in [4.78, 5) is 0.758. The van der Waals surface area contributed by atoms with Gasteiger partial charge < -0.3 is 4.90 Å². The van der Waals surface area contributed by atoms with E-state index in [0.29, 0.717) is 17.8 Å². The standard InChI is InChI=1S/C16H14F4N2O2S/c17-11-3-1-2-4-13(11)21-7-9-22(10-8-21)25(23,24)14-6-5-12(18)15(19)16(14)20/h1-6H,7-10H2.